The molecule has 36 heavy (non-hydrogen) atoms. The smallest absolute Gasteiger partial charge is 0.235 e. The largest absolute Gasteiger partial charge is 0.504 e. The third-order valence-corrected chi connectivity index (χ3v) is 8.03. The van der Waals surface area contributed by atoms with Crippen molar-refractivity contribution in [2.75, 3.05) is 0 Å². The minimum absolute atomic E-state index is 0.0775. The Kier molecular flexibility index (Phi) is 8.59. The fourth-order valence-corrected chi connectivity index (χ4v) is 5.98. The molecule has 4 N–H and O–H groups in total. The highest BCUT2D eigenvalue weighted by molar-refractivity contribution is 5.83. The van der Waals surface area contributed by atoms with E-state index in [0.29, 0.717) is 35.2 Å². The second-order valence-electron chi connectivity index (χ2n) is 10.6. The molecule has 0 amide bonds. The molecule has 0 aliphatic carbocycles. The van der Waals surface area contributed by atoms with Gasteiger partial charge in [0.15, 0.2) is 23.0 Å². The maximum absolute atomic E-state index is 12.8. The molecular weight excluding hydrogens is 456 g/mol. The minimum atomic E-state index is -0.684. The number of benzene rings is 2. The van der Waals surface area contributed by atoms with E-state index in [2.05, 4.69) is 41.5 Å². The number of phenols is 3. The van der Waals surface area contributed by atoms with Gasteiger partial charge in [0.25, 0.3) is 0 Å². The fraction of sp³-hybridized carbons (Fsp3) is 0.500. The van der Waals surface area contributed by atoms with E-state index in [0.717, 1.165) is 37.0 Å². The molecule has 196 valence electrons. The van der Waals surface area contributed by atoms with E-state index in [1.54, 1.807) is 6.07 Å². The van der Waals surface area contributed by atoms with E-state index in [9.17, 15) is 25.2 Å². The third-order valence-electron chi connectivity index (χ3n) is 8.03. The van der Waals surface area contributed by atoms with Gasteiger partial charge in [0.2, 0.25) is 11.2 Å². The van der Waals surface area contributed by atoms with Crippen LogP contribution in [0.3, 0.4) is 0 Å². The Balaban J connectivity index is 1.88. The quantitative estimate of drug-likeness (QED) is 0.221. The fourth-order valence-electron chi connectivity index (χ4n) is 5.98. The zero-order valence-corrected chi connectivity index (χ0v) is 22.2. The summed E-state index contributed by atoms with van der Waals surface area (Å²) in [5.74, 6) is 0.536. The molecule has 1 aromatic heterocycles. The zero-order valence-electron chi connectivity index (χ0n) is 22.2. The first-order valence-electron chi connectivity index (χ1n) is 13.0. The number of phenolic OH excluding ortho intramolecular Hbond substituents is 3. The average molecular weight is 497 g/mol. The highest BCUT2D eigenvalue weighted by Crippen LogP contribution is 2.41. The van der Waals surface area contributed by atoms with Crippen molar-refractivity contribution < 1.29 is 24.8 Å². The Morgan fingerprint density at radius 1 is 0.833 bits per heavy atom. The van der Waals surface area contributed by atoms with Crippen molar-refractivity contribution in [3.8, 4) is 34.3 Å². The van der Waals surface area contributed by atoms with Crippen molar-refractivity contribution >= 4 is 11.0 Å². The van der Waals surface area contributed by atoms with E-state index in [-0.39, 0.29) is 16.7 Å². The minimum Gasteiger partial charge on any atom is -0.504 e. The molecule has 0 aliphatic heterocycles. The van der Waals surface area contributed by atoms with Gasteiger partial charge >= 0.3 is 0 Å². The molecule has 0 bridgehead atoms. The van der Waals surface area contributed by atoms with E-state index >= 15 is 0 Å². The first-order valence-corrected chi connectivity index (χ1v) is 13.0. The van der Waals surface area contributed by atoms with Crippen LogP contribution in [0.4, 0.5) is 0 Å². The van der Waals surface area contributed by atoms with Crippen molar-refractivity contribution in [1.29, 1.82) is 0 Å². The summed E-state index contributed by atoms with van der Waals surface area (Å²) in [6, 6.07) is 7.63. The molecular formula is C30H40O6. The first-order chi connectivity index (χ1) is 17.0. The van der Waals surface area contributed by atoms with E-state index in [1.165, 1.54) is 6.42 Å². The van der Waals surface area contributed by atoms with Crippen LogP contribution in [0.2, 0.25) is 0 Å². The molecule has 6 heteroatoms. The van der Waals surface area contributed by atoms with Crippen LogP contribution in [-0.2, 0) is 6.42 Å². The monoisotopic (exact) mass is 496 g/mol. The zero-order chi connectivity index (χ0) is 26.7. The average Bonchev–Trinajstić information content (AvgIpc) is 2.83. The molecule has 0 saturated carbocycles. The van der Waals surface area contributed by atoms with E-state index < -0.39 is 28.4 Å². The highest BCUT2D eigenvalue weighted by atomic mass is 16.4. The van der Waals surface area contributed by atoms with Crippen molar-refractivity contribution in [1.82, 2.24) is 0 Å². The van der Waals surface area contributed by atoms with Crippen molar-refractivity contribution in [3.63, 3.8) is 0 Å². The molecule has 2 aromatic carbocycles. The molecule has 1 heterocycles. The summed E-state index contributed by atoms with van der Waals surface area (Å²) >= 11 is 0. The second kappa shape index (κ2) is 11.3. The summed E-state index contributed by atoms with van der Waals surface area (Å²) < 4.78 is 5.88. The van der Waals surface area contributed by atoms with Gasteiger partial charge in [-0.15, -0.1) is 0 Å². The van der Waals surface area contributed by atoms with Crippen LogP contribution in [-0.4, -0.2) is 20.4 Å². The van der Waals surface area contributed by atoms with Gasteiger partial charge in [-0.2, -0.15) is 0 Å². The van der Waals surface area contributed by atoms with Gasteiger partial charge in [0.05, 0.1) is 5.39 Å². The topological polar surface area (TPSA) is 111 Å². The predicted molar refractivity (Wildman–Crippen MR) is 144 cm³/mol. The lowest BCUT2D eigenvalue weighted by atomic mass is 9.69. The summed E-state index contributed by atoms with van der Waals surface area (Å²) in [5, 5.41) is 40.0. The molecule has 0 fully saturated rings. The van der Waals surface area contributed by atoms with Crippen molar-refractivity contribution in [2.45, 2.75) is 67.2 Å². The molecule has 0 aliphatic rings. The summed E-state index contributed by atoms with van der Waals surface area (Å²) in [6.45, 7) is 13.9. The molecule has 0 saturated heterocycles. The molecule has 3 aromatic rings. The van der Waals surface area contributed by atoms with Gasteiger partial charge in [-0.1, -0.05) is 60.5 Å². The van der Waals surface area contributed by atoms with Crippen LogP contribution in [0.1, 0.15) is 66.4 Å². The van der Waals surface area contributed by atoms with E-state index in [4.69, 9.17) is 4.42 Å². The Hall–Kier alpha value is -3.15. The summed E-state index contributed by atoms with van der Waals surface area (Å²) in [6.07, 6.45) is 4.18. The van der Waals surface area contributed by atoms with Gasteiger partial charge in [-0.25, -0.2) is 0 Å². The van der Waals surface area contributed by atoms with Crippen LogP contribution >= 0.6 is 0 Å². The van der Waals surface area contributed by atoms with Crippen LogP contribution < -0.4 is 5.43 Å². The number of fused-ring (bicyclic) bond motifs is 1. The lowest BCUT2D eigenvalue weighted by molar-refractivity contribution is 0.136. The third kappa shape index (κ3) is 5.48. The number of hydrogen-bond acceptors (Lipinski definition) is 6. The van der Waals surface area contributed by atoms with E-state index in [1.807, 2.05) is 12.1 Å². The van der Waals surface area contributed by atoms with Gasteiger partial charge in [-0.3, -0.25) is 4.79 Å². The Labute approximate surface area is 213 Å². The molecule has 6 nitrogen and oxygen atoms in total. The molecule has 4 atom stereocenters. The van der Waals surface area contributed by atoms with Gasteiger partial charge < -0.3 is 24.8 Å². The highest BCUT2D eigenvalue weighted by Gasteiger charge is 2.29. The molecule has 3 rings (SSSR count). The molecule has 4 unspecified atom stereocenters. The van der Waals surface area contributed by atoms with Gasteiger partial charge in [-0.05, 0) is 72.3 Å². The predicted octanol–water partition coefficient (Wildman–Crippen LogP) is 7.20. The summed E-state index contributed by atoms with van der Waals surface area (Å²) in [5.41, 5.74) is 0.825. The van der Waals surface area contributed by atoms with Crippen LogP contribution in [0, 0.1) is 29.6 Å². The summed E-state index contributed by atoms with van der Waals surface area (Å²) in [4.78, 5) is 12.8. The maximum Gasteiger partial charge on any atom is 0.235 e. The second-order valence-corrected chi connectivity index (χ2v) is 10.6. The number of hydrogen-bond donors (Lipinski definition) is 4. The standard InChI is InChI=1S/C30H40O6/c1-7-21(16(3)4)18(6)22(8-2)17(5)9-10-19-11-12-23-26(13-19)36-30(29(35)27(23)33)20-14-24(31)28(34)25(32)15-20/h11-18,21-22,31-32,34-35H,7-10H2,1-6H3. The van der Waals surface area contributed by atoms with Crippen LogP contribution in [0.25, 0.3) is 22.3 Å². The molecule has 0 spiro atoms. The lowest BCUT2D eigenvalue weighted by Crippen LogP contribution is -2.28. The number of aromatic hydroxyl groups is 4. The SMILES string of the molecule is CCC(C(C)C)C(C)C(CC)C(C)CCc1ccc2c(=O)c(O)c(-c3cc(O)c(O)c(O)c3)oc2c1. The lowest BCUT2D eigenvalue weighted by Gasteiger charge is -2.36. The first kappa shape index (κ1) is 27.4. The van der Waals surface area contributed by atoms with Gasteiger partial charge in [0.1, 0.15) is 5.58 Å². The maximum atomic E-state index is 12.8. The van der Waals surface area contributed by atoms with Crippen molar-refractivity contribution in [3.05, 3.63) is 46.1 Å². The van der Waals surface area contributed by atoms with Crippen LogP contribution in [0.15, 0.2) is 39.5 Å². The number of aryl methyl sites for hydroxylation is 1. The van der Waals surface area contributed by atoms with Crippen molar-refractivity contribution in [2.24, 2.45) is 29.6 Å². The van der Waals surface area contributed by atoms with Crippen LogP contribution in [0.5, 0.6) is 23.0 Å². The number of rotatable bonds is 10. The summed E-state index contributed by atoms with van der Waals surface area (Å²) in [7, 11) is 0. The van der Waals surface area contributed by atoms with Gasteiger partial charge in [0, 0.05) is 5.56 Å². The Morgan fingerprint density at radius 3 is 2.00 bits per heavy atom. The normalized spacial score (nSPS) is 15.2. The Bertz CT molecular complexity index is 1240. The molecule has 0 radical (unpaired) electrons. The Morgan fingerprint density at radius 2 is 1.44 bits per heavy atom.